The van der Waals surface area contributed by atoms with Crippen molar-refractivity contribution in [1.29, 1.82) is 0 Å². The van der Waals surface area contributed by atoms with Crippen LogP contribution in [-0.4, -0.2) is 17.5 Å². The summed E-state index contributed by atoms with van der Waals surface area (Å²) in [7, 11) is 0. The number of rotatable bonds is 3. The van der Waals surface area contributed by atoms with Crippen molar-refractivity contribution in [2.24, 2.45) is 4.99 Å². The van der Waals surface area contributed by atoms with E-state index < -0.39 is 5.90 Å². The first-order chi connectivity index (χ1) is 8.22. The van der Waals surface area contributed by atoms with Crippen molar-refractivity contribution in [3.05, 3.63) is 5.69 Å². The van der Waals surface area contributed by atoms with Crippen LogP contribution in [0.3, 0.4) is 0 Å². The van der Waals surface area contributed by atoms with Gasteiger partial charge < -0.3 is 5.11 Å². The Morgan fingerprint density at radius 3 is 2.82 bits per heavy atom. The minimum atomic E-state index is -0.403. The Kier molecular flexibility index (Phi) is 3.51. The average Bonchev–Trinajstić information content (AvgIpc) is 2.72. The van der Waals surface area contributed by atoms with Crippen molar-refractivity contribution in [3.63, 3.8) is 0 Å². The van der Waals surface area contributed by atoms with E-state index in [1.807, 2.05) is 0 Å². The van der Waals surface area contributed by atoms with Gasteiger partial charge >= 0.3 is 11.6 Å². The van der Waals surface area contributed by atoms with E-state index in [4.69, 9.17) is 4.52 Å². The zero-order valence-corrected chi connectivity index (χ0v) is 9.76. The minimum absolute atomic E-state index is 0.0121. The van der Waals surface area contributed by atoms with E-state index in [-0.39, 0.29) is 17.6 Å². The van der Waals surface area contributed by atoms with Gasteiger partial charge in [-0.05, 0) is 30.3 Å². The van der Waals surface area contributed by atoms with Crippen LogP contribution in [-0.2, 0) is 0 Å². The van der Waals surface area contributed by atoms with Crippen molar-refractivity contribution in [2.45, 2.75) is 45.1 Å². The van der Waals surface area contributed by atoms with Crippen LogP contribution in [0, 0.1) is 0 Å². The Balaban J connectivity index is 2.31. The highest BCUT2D eigenvalue weighted by Crippen LogP contribution is 2.25. The highest BCUT2D eigenvalue weighted by atomic mass is 16.5. The lowest BCUT2D eigenvalue weighted by atomic mass is 9.95. The van der Waals surface area contributed by atoms with E-state index in [1.165, 1.54) is 13.3 Å². The summed E-state index contributed by atoms with van der Waals surface area (Å²) in [5.41, 5.74) is 0.257. The summed E-state index contributed by atoms with van der Waals surface area (Å²) in [5.74, 6) is -0.391. The van der Waals surface area contributed by atoms with Crippen LogP contribution in [0.2, 0.25) is 0 Å². The molecule has 1 saturated carbocycles. The maximum atomic E-state index is 11.0. The smallest absolute Gasteiger partial charge is 0.339 e. The Labute approximate surface area is 98.9 Å². The second kappa shape index (κ2) is 5.07. The number of hydrogen-bond acceptors (Lipinski definition) is 5. The summed E-state index contributed by atoms with van der Waals surface area (Å²) in [5, 5.41) is 14.7. The third kappa shape index (κ3) is 2.51. The molecule has 1 heterocycles. The standard InChI is InChI=1S/C11H15N3O3/c1-8(16)12-11-10(7-15)14(13-17-11)9-5-3-2-4-6-9/h7,9H,2-6H2,1H3. The molecule has 1 fully saturated rings. The van der Waals surface area contributed by atoms with Gasteiger partial charge in [0, 0.05) is 12.8 Å². The van der Waals surface area contributed by atoms with Gasteiger partial charge in [-0.1, -0.05) is 6.42 Å². The monoisotopic (exact) mass is 237 g/mol. The molecule has 92 valence electrons. The zero-order valence-electron chi connectivity index (χ0n) is 9.76. The van der Waals surface area contributed by atoms with E-state index in [2.05, 4.69) is 10.3 Å². The molecular formula is C11H15N3O3. The fourth-order valence-corrected chi connectivity index (χ4v) is 2.19. The molecule has 1 aliphatic rings. The van der Waals surface area contributed by atoms with Crippen LogP contribution < -0.4 is 9.79 Å². The average molecular weight is 237 g/mol. The highest BCUT2D eigenvalue weighted by Gasteiger charge is 2.32. The molecule has 0 radical (unpaired) electrons. The quantitative estimate of drug-likeness (QED) is 0.335. The Morgan fingerprint density at radius 2 is 2.24 bits per heavy atom. The third-order valence-corrected chi connectivity index (χ3v) is 2.97. The van der Waals surface area contributed by atoms with Gasteiger partial charge in [0.05, 0.1) is 0 Å². The molecule has 0 aromatic carbocycles. The number of aldehydes is 1. The molecule has 1 aromatic rings. The lowest BCUT2D eigenvalue weighted by molar-refractivity contribution is -0.788. The lowest BCUT2D eigenvalue weighted by Gasteiger charge is -2.13. The SMILES string of the molecule is C/C([O-])=N\c1on[n+](C2CCCCC2)c1C=O. The molecule has 2 rings (SSSR count). The van der Waals surface area contributed by atoms with E-state index >= 15 is 0 Å². The normalized spacial score (nSPS) is 18.3. The summed E-state index contributed by atoms with van der Waals surface area (Å²) >= 11 is 0. The molecular weight excluding hydrogens is 222 g/mol. The number of carbonyl (C=O) groups excluding carboxylic acids is 1. The molecule has 6 nitrogen and oxygen atoms in total. The van der Waals surface area contributed by atoms with Gasteiger partial charge in [-0.3, -0.25) is 9.32 Å². The Morgan fingerprint density at radius 1 is 1.53 bits per heavy atom. The van der Waals surface area contributed by atoms with E-state index in [0.29, 0.717) is 6.29 Å². The molecule has 17 heavy (non-hydrogen) atoms. The van der Waals surface area contributed by atoms with Gasteiger partial charge in [-0.15, -0.1) is 0 Å². The molecule has 1 aliphatic carbocycles. The van der Waals surface area contributed by atoms with Crippen molar-refractivity contribution >= 4 is 18.1 Å². The van der Waals surface area contributed by atoms with Gasteiger partial charge in [0.2, 0.25) is 11.6 Å². The summed E-state index contributed by atoms with van der Waals surface area (Å²) in [6.07, 6.45) is 6.09. The molecule has 0 amide bonds. The van der Waals surface area contributed by atoms with Gasteiger partial charge in [0.25, 0.3) is 0 Å². The van der Waals surface area contributed by atoms with Crippen LogP contribution in [0.15, 0.2) is 9.52 Å². The molecule has 0 bridgehead atoms. The molecule has 0 spiro atoms. The van der Waals surface area contributed by atoms with Crippen molar-refractivity contribution in [3.8, 4) is 0 Å². The van der Waals surface area contributed by atoms with Gasteiger partial charge in [0.15, 0.2) is 6.04 Å². The van der Waals surface area contributed by atoms with Crippen LogP contribution in [0.1, 0.15) is 55.6 Å². The van der Waals surface area contributed by atoms with E-state index in [0.717, 1.165) is 25.7 Å². The van der Waals surface area contributed by atoms with Gasteiger partial charge in [-0.25, -0.2) is 4.99 Å². The first-order valence-corrected chi connectivity index (χ1v) is 5.81. The Hall–Kier alpha value is -1.72. The number of carbonyl (C=O) groups is 1. The molecule has 1 aromatic heterocycles. The lowest BCUT2D eigenvalue weighted by Crippen LogP contribution is -2.45. The van der Waals surface area contributed by atoms with Crippen molar-refractivity contribution < 1.29 is 19.1 Å². The Bertz CT molecular complexity index is 429. The maximum Gasteiger partial charge on any atom is 0.339 e. The van der Waals surface area contributed by atoms with E-state index in [1.54, 1.807) is 4.68 Å². The summed E-state index contributed by atoms with van der Waals surface area (Å²) < 4.78 is 6.51. The van der Waals surface area contributed by atoms with Gasteiger partial charge in [-0.2, -0.15) is 0 Å². The van der Waals surface area contributed by atoms with Crippen molar-refractivity contribution in [1.82, 2.24) is 5.27 Å². The predicted octanol–water partition coefficient (Wildman–Crippen LogP) is 0.690. The van der Waals surface area contributed by atoms with Crippen LogP contribution >= 0.6 is 0 Å². The fraction of sp³-hybridized carbons (Fsp3) is 0.636. The molecule has 6 heteroatoms. The minimum Gasteiger partial charge on any atom is -0.862 e. The predicted molar refractivity (Wildman–Crippen MR) is 57.0 cm³/mol. The number of hydrogen-bond donors (Lipinski definition) is 0. The number of aliphatic imine (C=N–C) groups is 1. The second-order valence-corrected chi connectivity index (χ2v) is 4.25. The maximum absolute atomic E-state index is 11.0. The molecule has 0 unspecified atom stereocenters. The third-order valence-electron chi connectivity index (χ3n) is 2.97. The van der Waals surface area contributed by atoms with E-state index in [9.17, 15) is 9.90 Å². The fourth-order valence-electron chi connectivity index (χ4n) is 2.19. The zero-order chi connectivity index (χ0) is 12.3. The summed E-state index contributed by atoms with van der Waals surface area (Å²) in [4.78, 5) is 14.7. The van der Waals surface area contributed by atoms with Crippen LogP contribution in [0.25, 0.3) is 0 Å². The first-order valence-electron chi connectivity index (χ1n) is 5.81. The molecule has 0 saturated heterocycles. The molecule has 0 aliphatic heterocycles. The first kappa shape index (κ1) is 11.8. The topological polar surface area (TPSA) is 82.4 Å². The molecule has 0 N–H and O–H groups in total. The summed E-state index contributed by atoms with van der Waals surface area (Å²) in [6, 6.07) is 0.184. The highest BCUT2D eigenvalue weighted by molar-refractivity contribution is 5.79. The van der Waals surface area contributed by atoms with Crippen molar-refractivity contribution in [2.75, 3.05) is 0 Å². The second-order valence-electron chi connectivity index (χ2n) is 4.25. The van der Waals surface area contributed by atoms with Crippen LogP contribution in [0.5, 0.6) is 0 Å². The molecule has 0 atom stereocenters. The van der Waals surface area contributed by atoms with Crippen LogP contribution in [0.4, 0.5) is 5.88 Å². The van der Waals surface area contributed by atoms with Gasteiger partial charge in [0.1, 0.15) is 0 Å². The number of aromatic nitrogens is 2. The number of nitrogens with zero attached hydrogens (tertiary/aromatic N) is 3. The largest absolute Gasteiger partial charge is 0.862 e. The summed E-state index contributed by atoms with van der Waals surface area (Å²) in [6.45, 7) is 1.31.